The number of thioether (sulfide) groups is 1. The van der Waals surface area contributed by atoms with E-state index in [1.54, 1.807) is 25.1 Å². The molecule has 0 bridgehead atoms. The molecule has 0 saturated carbocycles. The van der Waals surface area contributed by atoms with Gasteiger partial charge in [-0.3, -0.25) is 9.69 Å². The van der Waals surface area contributed by atoms with Crippen LogP contribution in [0.4, 0.5) is 5.69 Å². The second-order valence-corrected chi connectivity index (χ2v) is 7.41. The number of benzene rings is 2. The lowest BCUT2D eigenvalue weighted by Gasteiger charge is -2.15. The highest BCUT2D eigenvalue weighted by molar-refractivity contribution is 8.27. The number of amides is 1. The van der Waals surface area contributed by atoms with E-state index in [2.05, 4.69) is 0 Å². The van der Waals surface area contributed by atoms with Crippen molar-refractivity contribution in [2.24, 2.45) is 0 Å². The standard InChI is InChI=1S/C19H15NO3S2/c1-11-3-6-13(7-4-11)9-16-17(21)20(19(24)25-16)14-8-5-12(2)15(10-14)18(22)23/h3-10H,1-2H3,(H,22,23)/b16-9-. The second-order valence-electron chi connectivity index (χ2n) is 5.73. The van der Waals surface area contributed by atoms with Gasteiger partial charge in [-0.05, 0) is 43.2 Å². The number of carboxylic acids is 1. The molecule has 0 aliphatic carbocycles. The van der Waals surface area contributed by atoms with Crippen molar-refractivity contribution in [2.45, 2.75) is 13.8 Å². The number of hydrogen-bond acceptors (Lipinski definition) is 4. The Kier molecular flexibility index (Phi) is 4.74. The molecule has 2 aromatic carbocycles. The lowest BCUT2D eigenvalue weighted by atomic mass is 10.1. The summed E-state index contributed by atoms with van der Waals surface area (Å²) < 4.78 is 0.392. The number of aromatic carboxylic acids is 1. The van der Waals surface area contributed by atoms with E-state index in [-0.39, 0.29) is 11.5 Å². The lowest BCUT2D eigenvalue weighted by molar-refractivity contribution is -0.113. The molecule has 25 heavy (non-hydrogen) atoms. The van der Waals surface area contributed by atoms with Crippen LogP contribution >= 0.6 is 24.0 Å². The molecule has 0 radical (unpaired) electrons. The highest BCUT2D eigenvalue weighted by atomic mass is 32.2. The first-order valence-corrected chi connectivity index (χ1v) is 8.78. The molecule has 1 saturated heterocycles. The maximum Gasteiger partial charge on any atom is 0.336 e. The van der Waals surface area contributed by atoms with Crippen molar-refractivity contribution >= 4 is 51.9 Å². The number of nitrogens with zero attached hydrogens (tertiary/aromatic N) is 1. The van der Waals surface area contributed by atoms with E-state index in [1.807, 2.05) is 31.2 Å². The third-order valence-corrected chi connectivity index (χ3v) is 5.18. The minimum absolute atomic E-state index is 0.161. The van der Waals surface area contributed by atoms with E-state index in [9.17, 15) is 14.7 Å². The maximum absolute atomic E-state index is 12.8. The lowest BCUT2D eigenvalue weighted by Crippen LogP contribution is -2.27. The molecule has 1 fully saturated rings. The fourth-order valence-electron chi connectivity index (χ4n) is 2.48. The monoisotopic (exact) mass is 369 g/mol. The van der Waals surface area contributed by atoms with E-state index in [1.165, 1.54) is 22.7 Å². The van der Waals surface area contributed by atoms with Crippen LogP contribution in [0.3, 0.4) is 0 Å². The van der Waals surface area contributed by atoms with E-state index in [4.69, 9.17) is 12.2 Å². The summed E-state index contributed by atoms with van der Waals surface area (Å²) in [6, 6.07) is 12.7. The van der Waals surface area contributed by atoms with Crippen LogP contribution in [0.25, 0.3) is 6.08 Å². The second kappa shape index (κ2) is 6.82. The van der Waals surface area contributed by atoms with Crippen LogP contribution in [-0.4, -0.2) is 21.3 Å². The van der Waals surface area contributed by atoms with Gasteiger partial charge in [-0.25, -0.2) is 4.79 Å². The van der Waals surface area contributed by atoms with Crippen LogP contribution in [0.2, 0.25) is 0 Å². The van der Waals surface area contributed by atoms with E-state index >= 15 is 0 Å². The van der Waals surface area contributed by atoms with Gasteiger partial charge in [0.25, 0.3) is 5.91 Å². The Morgan fingerprint density at radius 2 is 1.84 bits per heavy atom. The summed E-state index contributed by atoms with van der Waals surface area (Å²) >= 11 is 6.55. The summed E-state index contributed by atoms with van der Waals surface area (Å²) in [7, 11) is 0. The molecule has 0 aromatic heterocycles. The molecule has 0 unspecified atom stereocenters. The zero-order valence-corrected chi connectivity index (χ0v) is 15.3. The molecule has 1 aliphatic heterocycles. The van der Waals surface area contributed by atoms with Gasteiger partial charge in [-0.15, -0.1) is 0 Å². The maximum atomic E-state index is 12.8. The number of carbonyl (C=O) groups excluding carboxylic acids is 1. The fraction of sp³-hybridized carbons (Fsp3) is 0.105. The van der Waals surface area contributed by atoms with Gasteiger partial charge < -0.3 is 5.11 Å². The van der Waals surface area contributed by atoms with Crippen molar-refractivity contribution in [3.05, 3.63) is 69.6 Å². The average molecular weight is 369 g/mol. The van der Waals surface area contributed by atoms with E-state index in [0.717, 1.165) is 11.1 Å². The number of anilines is 1. The molecule has 0 spiro atoms. The average Bonchev–Trinajstić information content (AvgIpc) is 2.84. The third kappa shape index (κ3) is 3.50. The first-order chi connectivity index (χ1) is 11.9. The Labute approximate surface area is 155 Å². The molecular formula is C19H15NO3S2. The van der Waals surface area contributed by atoms with Crippen LogP contribution < -0.4 is 4.90 Å². The Morgan fingerprint density at radius 3 is 2.48 bits per heavy atom. The zero-order valence-electron chi connectivity index (χ0n) is 13.6. The smallest absolute Gasteiger partial charge is 0.336 e. The number of carbonyl (C=O) groups is 2. The minimum atomic E-state index is -1.03. The zero-order chi connectivity index (χ0) is 18.1. The van der Waals surface area contributed by atoms with Crippen molar-refractivity contribution in [1.82, 2.24) is 0 Å². The highest BCUT2D eigenvalue weighted by Gasteiger charge is 2.33. The Hall–Kier alpha value is -2.44. The van der Waals surface area contributed by atoms with Gasteiger partial charge in [0.05, 0.1) is 16.2 Å². The van der Waals surface area contributed by atoms with Gasteiger partial charge in [0.1, 0.15) is 0 Å². The molecule has 4 nitrogen and oxygen atoms in total. The first kappa shape index (κ1) is 17.4. The van der Waals surface area contributed by atoms with Crippen LogP contribution in [0.5, 0.6) is 0 Å². The SMILES string of the molecule is Cc1ccc(/C=C2\SC(=S)N(c3ccc(C)c(C(=O)O)c3)C2=O)cc1. The van der Waals surface area contributed by atoms with Gasteiger partial charge in [0.2, 0.25) is 0 Å². The third-order valence-electron chi connectivity index (χ3n) is 3.88. The summed E-state index contributed by atoms with van der Waals surface area (Å²) in [6.07, 6.45) is 1.80. The van der Waals surface area contributed by atoms with Gasteiger partial charge in [0.15, 0.2) is 4.32 Å². The topological polar surface area (TPSA) is 57.6 Å². The molecule has 2 aromatic rings. The summed E-state index contributed by atoms with van der Waals surface area (Å²) in [5.74, 6) is -1.27. The first-order valence-electron chi connectivity index (χ1n) is 7.55. The van der Waals surface area contributed by atoms with Crippen molar-refractivity contribution in [3.8, 4) is 0 Å². The van der Waals surface area contributed by atoms with Gasteiger partial charge in [-0.2, -0.15) is 0 Å². The van der Waals surface area contributed by atoms with Gasteiger partial charge in [0, 0.05) is 0 Å². The number of rotatable bonds is 3. The molecule has 0 atom stereocenters. The molecule has 126 valence electrons. The molecule has 3 rings (SSSR count). The molecular weight excluding hydrogens is 354 g/mol. The summed E-state index contributed by atoms with van der Waals surface area (Å²) in [4.78, 5) is 26.0. The molecule has 1 aliphatic rings. The van der Waals surface area contributed by atoms with Gasteiger partial charge >= 0.3 is 5.97 Å². The number of thiocarbonyl (C=S) groups is 1. The summed E-state index contributed by atoms with van der Waals surface area (Å²) in [5, 5.41) is 9.28. The Morgan fingerprint density at radius 1 is 1.16 bits per heavy atom. The van der Waals surface area contributed by atoms with Gasteiger partial charge in [-0.1, -0.05) is 59.9 Å². The van der Waals surface area contributed by atoms with Crippen LogP contribution in [0, 0.1) is 13.8 Å². The Balaban J connectivity index is 1.95. The number of aryl methyl sites for hydroxylation is 2. The molecule has 1 heterocycles. The van der Waals surface area contributed by atoms with Crippen LogP contribution in [-0.2, 0) is 4.79 Å². The van der Waals surface area contributed by atoms with Crippen molar-refractivity contribution < 1.29 is 14.7 Å². The quantitative estimate of drug-likeness (QED) is 0.642. The van der Waals surface area contributed by atoms with Crippen LogP contribution in [0.15, 0.2) is 47.4 Å². The van der Waals surface area contributed by atoms with Crippen molar-refractivity contribution in [1.29, 1.82) is 0 Å². The molecule has 6 heteroatoms. The Bertz CT molecular complexity index is 917. The summed E-state index contributed by atoms with van der Waals surface area (Å²) in [5.41, 5.74) is 3.33. The molecule has 1 N–H and O–H groups in total. The highest BCUT2D eigenvalue weighted by Crippen LogP contribution is 2.36. The minimum Gasteiger partial charge on any atom is -0.478 e. The number of carboxylic acid groups (broad SMARTS) is 1. The molecule has 1 amide bonds. The van der Waals surface area contributed by atoms with Crippen molar-refractivity contribution in [3.63, 3.8) is 0 Å². The van der Waals surface area contributed by atoms with Crippen molar-refractivity contribution in [2.75, 3.05) is 4.90 Å². The largest absolute Gasteiger partial charge is 0.478 e. The normalized spacial score (nSPS) is 15.9. The summed E-state index contributed by atoms with van der Waals surface area (Å²) in [6.45, 7) is 3.72. The predicted octanol–water partition coefficient (Wildman–Crippen LogP) is 4.41. The predicted molar refractivity (Wildman–Crippen MR) is 105 cm³/mol. The van der Waals surface area contributed by atoms with Crippen LogP contribution in [0.1, 0.15) is 27.0 Å². The fourth-order valence-corrected chi connectivity index (χ4v) is 3.78. The van der Waals surface area contributed by atoms with E-state index < -0.39 is 5.97 Å². The number of hydrogen-bond donors (Lipinski definition) is 1. The van der Waals surface area contributed by atoms with E-state index in [0.29, 0.717) is 20.5 Å².